The van der Waals surface area contributed by atoms with Gasteiger partial charge in [-0.05, 0) is 18.2 Å². The van der Waals surface area contributed by atoms with Crippen molar-refractivity contribution in [1.82, 2.24) is 10.2 Å². The Kier molecular flexibility index (Phi) is 3.92. The van der Waals surface area contributed by atoms with E-state index in [2.05, 4.69) is 5.32 Å². The molecule has 0 atom stereocenters. The number of carbonyl (C=O) groups is 2. The molecule has 0 bridgehead atoms. The van der Waals surface area contributed by atoms with Crippen molar-refractivity contribution in [3.63, 3.8) is 0 Å². The maximum absolute atomic E-state index is 11.7. The van der Waals surface area contributed by atoms with Crippen LogP contribution < -0.4 is 16.8 Å². The van der Waals surface area contributed by atoms with Crippen LogP contribution in [-0.4, -0.2) is 37.4 Å². The Bertz CT molecular complexity index is 423. The Labute approximate surface area is 99.6 Å². The molecule has 0 heterocycles. The number of anilines is 2. The van der Waals surface area contributed by atoms with Crippen LogP contribution in [0.25, 0.3) is 0 Å². The van der Waals surface area contributed by atoms with Crippen molar-refractivity contribution in [2.45, 2.75) is 0 Å². The first-order valence-electron chi connectivity index (χ1n) is 5.04. The molecule has 17 heavy (non-hydrogen) atoms. The molecule has 0 aromatic heterocycles. The van der Waals surface area contributed by atoms with Crippen LogP contribution in [0.3, 0.4) is 0 Å². The van der Waals surface area contributed by atoms with Gasteiger partial charge in [0.1, 0.15) is 0 Å². The number of hydrogen-bond donors (Lipinski definition) is 3. The zero-order valence-corrected chi connectivity index (χ0v) is 9.86. The Morgan fingerprint density at radius 2 is 1.71 bits per heavy atom. The monoisotopic (exact) mass is 236 g/mol. The Hall–Kier alpha value is -2.24. The summed E-state index contributed by atoms with van der Waals surface area (Å²) < 4.78 is 0. The summed E-state index contributed by atoms with van der Waals surface area (Å²) in [6.45, 7) is -0.0550. The number of hydrogen-bond acceptors (Lipinski definition) is 4. The molecule has 6 nitrogen and oxygen atoms in total. The molecule has 1 aromatic rings. The van der Waals surface area contributed by atoms with E-state index in [-0.39, 0.29) is 18.4 Å². The molecule has 92 valence electrons. The standard InChI is InChI=1S/C11H16N4O2/c1-15(2)10(16)6-14-11(17)7-3-8(12)5-9(13)4-7/h3-5H,6,12-13H2,1-2H3,(H,14,17). The van der Waals surface area contributed by atoms with Gasteiger partial charge >= 0.3 is 0 Å². The molecule has 6 heteroatoms. The van der Waals surface area contributed by atoms with Gasteiger partial charge in [-0.15, -0.1) is 0 Å². The van der Waals surface area contributed by atoms with Gasteiger partial charge in [-0.25, -0.2) is 0 Å². The molecule has 5 N–H and O–H groups in total. The number of carbonyl (C=O) groups excluding carboxylic acids is 2. The fourth-order valence-corrected chi connectivity index (χ4v) is 1.22. The molecular weight excluding hydrogens is 220 g/mol. The highest BCUT2D eigenvalue weighted by molar-refractivity contribution is 5.97. The lowest BCUT2D eigenvalue weighted by Gasteiger charge is -2.11. The third-order valence-corrected chi connectivity index (χ3v) is 2.14. The third kappa shape index (κ3) is 3.67. The first kappa shape index (κ1) is 12.8. The van der Waals surface area contributed by atoms with E-state index in [0.29, 0.717) is 16.9 Å². The average molecular weight is 236 g/mol. The van der Waals surface area contributed by atoms with Crippen molar-refractivity contribution in [3.05, 3.63) is 23.8 Å². The van der Waals surface area contributed by atoms with Gasteiger partial charge in [-0.2, -0.15) is 0 Å². The van der Waals surface area contributed by atoms with E-state index < -0.39 is 0 Å². The smallest absolute Gasteiger partial charge is 0.251 e. The second-order valence-electron chi connectivity index (χ2n) is 3.86. The van der Waals surface area contributed by atoms with Gasteiger partial charge in [0.25, 0.3) is 5.91 Å². The van der Waals surface area contributed by atoms with Crippen LogP contribution >= 0.6 is 0 Å². The summed E-state index contributed by atoms with van der Waals surface area (Å²) in [5.41, 5.74) is 12.3. The van der Waals surface area contributed by atoms with E-state index in [9.17, 15) is 9.59 Å². The maximum Gasteiger partial charge on any atom is 0.251 e. The molecule has 0 aliphatic carbocycles. The molecule has 0 saturated carbocycles. The zero-order chi connectivity index (χ0) is 13.0. The Morgan fingerprint density at radius 1 is 1.18 bits per heavy atom. The number of rotatable bonds is 3. The minimum absolute atomic E-state index is 0.0550. The molecule has 0 spiro atoms. The first-order chi connectivity index (χ1) is 7.90. The average Bonchev–Trinajstić information content (AvgIpc) is 2.23. The fraction of sp³-hybridized carbons (Fsp3) is 0.273. The van der Waals surface area contributed by atoms with Crippen LogP contribution in [-0.2, 0) is 4.79 Å². The summed E-state index contributed by atoms with van der Waals surface area (Å²) in [7, 11) is 3.24. The molecule has 0 radical (unpaired) electrons. The van der Waals surface area contributed by atoms with Crippen molar-refractivity contribution >= 4 is 23.2 Å². The third-order valence-electron chi connectivity index (χ3n) is 2.14. The molecule has 0 saturated heterocycles. The summed E-state index contributed by atoms with van der Waals surface area (Å²) in [4.78, 5) is 24.4. The molecular formula is C11H16N4O2. The van der Waals surface area contributed by atoms with Crippen molar-refractivity contribution in [2.75, 3.05) is 32.1 Å². The second-order valence-corrected chi connectivity index (χ2v) is 3.86. The van der Waals surface area contributed by atoms with E-state index in [0.717, 1.165) is 0 Å². The van der Waals surface area contributed by atoms with Gasteiger partial charge < -0.3 is 21.7 Å². The fourth-order valence-electron chi connectivity index (χ4n) is 1.22. The zero-order valence-electron chi connectivity index (χ0n) is 9.86. The molecule has 2 amide bonds. The van der Waals surface area contributed by atoms with E-state index >= 15 is 0 Å². The largest absolute Gasteiger partial charge is 0.399 e. The van der Waals surface area contributed by atoms with Crippen LogP contribution in [0.4, 0.5) is 11.4 Å². The number of nitrogens with zero attached hydrogens (tertiary/aromatic N) is 1. The summed E-state index contributed by atoms with van der Waals surface area (Å²) >= 11 is 0. The lowest BCUT2D eigenvalue weighted by molar-refractivity contribution is -0.127. The van der Waals surface area contributed by atoms with Gasteiger partial charge in [0.15, 0.2) is 0 Å². The van der Waals surface area contributed by atoms with Gasteiger partial charge in [0.2, 0.25) is 5.91 Å². The van der Waals surface area contributed by atoms with Gasteiger partial charge in [0, 0.05) is 31.0 Å². The summed E-state index contributed by atoms with van der Waals surface area (Å²) in [5, 5.41) is 2.49. The Balaban J connectivity index is 2.67. The summed E-state index contributed by atoms with van der Waals surface area (Å²) in [6, 6.07) is 4.57. The van der Waals surface area contributed by atoms with Crippen LogP contribution in [0.5, 0.6) is 0 Å². The molecule has 0 fully saturated rings. The SMILES string of the molecule is CN(C)C(=O)CNC(=O)c1cc(N)cc(N)c1. The van der Waals surface area contributed by atoms with Crippen molar-refractivity contribution in [3.8, 4) is 0 Å². The number of likely N-dealkylation sites (N-methyl/N-ethyl adjacent to an activating group) is 1. The highest BCUT2D eigenvalue weighted by Crippen LogP contribution is 2.13. The quantitative estimate of drug-likeness (QED) is 0.625. The number of benzene rings is 1. The second kappa shape index (κ2) is 5.20. The molecule has 0 unspecified atom stereocenters. The van der Waals surface area contributed by atoms with Crippen LogP contribution in [0.2, 0.25) is 0 Å². The molecule has 0 aliphatic heterocycles. The van der Waals surface area contributed by atoms with E-state index in [1.54, 1.807) is 20.2 Å². The number of nitrogen functional groups attached to an aromatic ring is 2. The minimum Gasteiger partial charge on any atom is -0.399 e. The maximum atomic E-state index is 11.7. The number of amides is 2. The number of nitrogens with two attached hydrogens (primary N) is 2. The van der Waals surface area contributed by atoms with Gasteiger partial charge in [-0.3, -0.25) is 9.59 Å². The van der Waals surface area contributed by atoms with Crippen molar-refractivity contribution in [1.29, 1.82) is 0 Å². The van der Waals surface area contributed by atoms with E-state index in [1.807, 2.05) is 0 Å². The summed E-state index contributed by atoms with van der Waals surface area (Å²) in [6.07, 6.45) is 0. The van der Waals surface area contributed by atoms with Crippen LogP contribution in [0, 0.1) is 0 Å². The lowest BCUT2D eigenvalue weighted by atomic mass is 10.1. The minimum atomic E-state index is -0.376. The number of nitrogens with one attached hydrogen (secondary N) is 1. The predicted octanol–water partition coefficient (Wildman–Crippen LogP) is -0.331. The van der Waals surface area contributed by atoms with E-state index in [1.165, 1.54) is 17.0 Å². The van der Waals surface area contributed by atoms with Crippen LogP contribution in [0.15, 0.2) is 18.2 Å². The van der Waals surface area contributed by atoms with E-state index in [4.69, 9.17) is 11.5 Å². The predicted molar refractivity (Wildman–Crippen MR) is 66.3 cm³/mol. The normalized spacial score (nSPS) is 9.76. The van der Waals surface area contributed by atoms with Gasteiger partial charge in [-0.1, -0.05) is 0 Å². The molecule has 1 rings (SSSR count). The molecule has 0 aliphatic rings. The Morgan fingerprint density at radius 3 is 2.18 bits per heavy atom. The van der Waals surface area contributed by atoms with Crippen molar-refractivity contribution < 1.29 is 9.59 Å². The highest BCUT2D eigenvalue weighted by atomic mass is 16.2. The molecule has 1 aromatic carbocycles. The summed E-state index contributed by atoms with van der Waals surface area (Å²) in [5.74, 6) is -0.561. The topological polar surface area (TPSA) is 101 Å². The highest BCUT2D eigenvalue weighted by Gasteiger charge is 2.10. The van der Waals surface area contributed by atoms with Gasteiger partial charge in [0.05, 0.1) is 6.54 Å². The lowest BCUT2D eigenvalue weighted by Crippen LogP contribution is -2.36. The first-order valence-corrected chi connectivity index (χ1v) is 5.04. The van der Waals surface area contributed by atoms with Crippen molar-refractivity contribution in [2.24, 2.45) is 0 Å². The van der Waals surface area contributed by atoms with Crippen LogP contribution in [0.1, 0.15) is 10.4 Å².